The van der Waals surface area contributed by atoms with Crippen LogP contribution in [0.15, 0.2) is 87.2 Å². The van der Waals surface area contributed by atoms with E-state index in [0.29, 0.717) is 0 Å². The molecule has 0 aliphatic carbocycles. The Morgan fingerprint density at radius 2 is 0.611 bits per heavy atom. The number of hydrogen-bond donors (Lipinski definition) is 3. The van der Waals surface area contributed by atoms with E-state index >= 15 is 0 Å². The molecule has 3 aromatic carbocycles. The maximum absolute atomic E-state index is 13.2. The van der Waals surface area contributed by atoms with Crippen LogP contribution in [0.1, 0.15) is 31.1 Å². The fourth-order valence-electron chi connectivity index (χ4n) is 3.27. The van der Waals surface area contributed by atoms with Crippen molar-refractivity contribution in [1.82, 2.24) is 13.7 Å². The summed E-state index contributed by atoms with van der Waals surface area (Å²) in [4.78, 5) is 78.7. The van der Waals surface area contributed by atoms with E-state index in [1.807, 2.05) is 0 Å². The minimum atomic E-state index is -1.63. The SMILES string of the molecule is O=C(c1ccc(O)cc1)n1c(=O)n(C(=O)c2ccc(O)cc2)c(=O)n(C(=O)c2ccc(O)cc2)c1=O. The van der Waals surface area contributed by atoms with Crippen molar-refractivity contribution in [3.63, 3.8) is 0 Å². The highest BCUT2D eigenvalue weighted by Crippen LogP contribution is 2.12. The lowest BCUT2D eigenvalue weighted by molar-refractivity contribution is 0.0898. The number of nitrogens with zero attached hydrogens (tertiary/aromatic N) is 3. The Hall–Kier alpha value is -5.52. The number of benzene rings is 3. The number of carbonyl (C=O) groups is 3. The minimum absolute atomic E-state index is 0.0512. The smallest absolute Gasteiger partial charge is 0.350 e. The van der Waals surface area contributed by atoms with Crippen LogP contribution in [0.25, 0.3) is 0 Å². The third-order valence-electron chi connectivity index (χ3n) is 5.10. The second kappa shape index (κ2) is 9.02. The van der Waals surface area contributed by atoms with E-state index in [-0.39, 0.29) is 47.6 Å². The molecular weight excluding hydrogens is 474 g/mol. The Bertz CT molecular complexity index is 1460. The summed E-state index contributed by atoms with van der Waals surface area (Å²) in [6, 6.07) is 13.2. The van der Waals surface area contributed by atoms with E-state index in [0.717, 1.165) is 72.8 Å². The van der Waals surface area contributed by atoms with Gasteiger partial charge in [0.15, 0.2) is 0 Å². The van der Waals surface area contributed by atoms with Crippen molar-refractivity contribution in [1.29, 1.82) is 0 Å². The van der Waals surface area contributed by atoms with Gasteiger partial charge in [-0.05, 0) is 72.8 Å². The number of hydrogen-bond acceptors (Lipinski definition) is 9. The second-order valence-electron chi connectivity index (χ2n) is 7.41. The Kier molecular flexibility index (Phi) is 5.92. The van der Waals surface area contributed by atoms with Gasteiger partial charge >= 0.3 is 17.1 Å². The van der Waals surface area contributed by atoms with Gasteiger partial charge in [0.1, 0.15) is 17.2 Å². The Labute approximate surface area is 199 Å². The van der Waals surface area contributed by atoms with Gasteiger partial charge in [-0.25, -0.2) is 14.4 Å². The summed E-state index contributed by atoms with van der Waals surface area (Å²) in [5.41, 5.74) is -5.68. The van der Waals surface area contributed by atoms with E-state index in [9.17, 15) is 44.1 Å². The van der Waals surface area contributed by atoms with Crippen LogP contribution in [0, 0.1) is 0 Å². The van der Waals surface area contributed by atoms with Crippen molar-refractivity contribution in [3.8, 4) is 17.2 Å². The number of phenols is 3. The van der Waals surface area contributed by atoms with Crippen LogP contribution in [0.2, 0.25) is 0 Å². The van der Waals surface area contributed by atoms with Crippen molar-refractivity contribution in [2.45, 2.75) is 0 Å². The third-order valence-corrected chi connectivity index (χ3v) is 5.10. The first kappa shape index (κ1) is 23.6. The maximum atomic E-state index is 13.2. The van der Waals surface area contributed by atoms with Gasteiger partial charge in [0.2, 0.25) is 0 Å². The molecule has 0 atom stereocenters. The van der Waals surface area contributed by atoms with Gasteiger partial charge in [0, 0.05) is 16.7 Å². The van der Waals surface area contributed by atoms with E-state index in [4.69, 9.17) is 0 Å². The Balaban J connectivity index is 2.02. The predicted octanol–water partition coefficient (Wildman–Crippen LogP) is 0.354. The molecule has 0 saturated heterocycles. The molecule has 0 radical (unpaired) electrons. The number of aromatic nitrogens is 3. The van der Waals surface area contributed by atoms with Crippen molar-refractivity contribution in [2.75, 3.05) is 0 Å². The van der Waals surface area contributed by atoms with Crippen LogP contribution in [-0.2, 0) is 0 Å². The molecule has 12 heteroatoms. The quantitative estimate of drug-likeness (QED) is 0.366. The van der Waals surface area contributed by atoms with Crippen LogP contribution in [0.3, 0.4) is 0 Å². The van der Waals surface area contributed by atoms with E-state index < -0.39 is 34.8 Å². The number of aromatic hydroxyl groups is 3. The fourth-order valence-corrected chi connectivity index (χ4v) is 3.27. The van der Waals surface area contributed by atoms with Gasteiger partial charge in [-0.2, -0.15) is 13.7 Å². The average Bonchev–Trinajstić information content (AvgIpc) is 2.85. The van der Waals surface area contributed by atoms with E-state index in [1.165, 1.54) is 0 Å². The first-order valence-electron chi connectivity index (χ1n) is 10.1. The minimum Gasteiger partial charge on any atom is -0.508 e. The molecule has 1 heterocycles. The molecule has 180 valence electrons. The highest BCUT2D eigenvalue weighted by Gasteiger charge is 2.28. The molecule has 0 fully saturated rings. The van der Waals surface area contributed by atoms with Crippen LogP contribution in [-0.4, -0.2) is 46.7 Å². The average molecular weight is 489 g/mol. The van der Waals surface area contributed by atoms with Crippen molar-refractivity contribution in [2.24, 2.45) is 0 Å². The molecule has 4 rings (SSSR count). The fraction of sp³-hybridized carbons (Fsp3) is 0. The van der Waals surface area contributed by atoms with Crippen LogP contribution >= 0.6 is 0 Å². The van der Waals surface area contributed by atoms with Gasteiger partial charge in [0.25, 0.3) is 17.7 Å². The zero-order chi connectivity index (χ0) is 26.1. The van der Waals surface area contributed by atoms with Crippen LogP contribution in [0.5, 0.6) is 17.2 Å². The van der Waals surface area contributed by atoms with Crippen molar-refractivity contribution in [3.05, 3.63) is 121 Å². The van der Waals surface area contributed by atoms with Crippen molar-refractivity contribution >= 4 is 17.7 Å². The highest BCUT2D eigenvalue weighted by molar-refractivity contribution is 6.00. The summed E-state index contributed by atoms with van der Waals surface area (Å²) >= 11 is 0. The molecule has 0 aliphatic rings. The molecule has 12 nitrogen and oxygen atoms in total. The Morgan fingerprint density at radius 1 is 0.417 bits per heavy atom. The molecular formula is C24H15N3O9. The normalized spacial score (nSPS) is 10.7. The molecule has 0 amide bonds. The second-order valence-corrected chi connectivity index (χ2v) is 7.41. The van der Waals surface area contributed by atoms with Gasteiger partial charge < -0.3 is 15.3 Å². The molecule has 0 spiro atoms. The van der Waals surface area contributed by atoms with Crippen LogP contribution in [0.4, 0.5) is 0 Å². The molecule has 0 bridgehead atoms. The summed E-state index contributed by atoms with van der Waals surface area (Å²) in [5, 5.41) is 28.4. The molecule has 1 aromatic heterocycles. The Morgan fingerprint density at radius 3 is 0.806 bits per heavy atom. The monoisotopic (exact) mass is 489 g/mol. The van der Waals surface area contributed by atoms with Crippen molar-refractivity contribution < 1.29 is 29.7 Å². The summed E-state index contributed by atoms with van der Waals surface area (Å²) < 4.78 is -0.154. The lowest BCUT2D eigenvalue weighted by Gasteiger charge is -2.12. The zero-order valence-corrected chi connectivity index (χ0v) is 18.1. The van der Waals surface area contributed by atoms with Gasteiger partial charge in [-0.15, -0.1) is 0 Å². The summed E-state index contributed by atoms with van der Waals surface area (Å²) in [6.07, 6.45) is 0. The molecule has 36 heavy (non-hydrogen) atoms. The number of carbonyl (C=O) groups excluding carboxylic acids is 3. The number of phenolic OH excluding ortho intramolecular Hbond substituents is 3. The first-order valence-corrected chi connectivity index (χ1v) is 10.1. The predicted molar refractivity (Wildman–Crippen MR) is 123 cm³/mol. The molecule has 3 N–H and O–H groups in total. The maximum Gasteiger partial charge on any atom is 0.350 e. The topological polar surface area (TPSA) is 178 Å². The lowest BCUT2D eigenvalue weighted by Crippen LogP contribution is -2.59. The summed E-state index contributed by atoms with van der Waals surface area (Å²) in [6.45, 7) is 0. The lowest BCUT2D eigenvalue weighted by atomic mass is 10.2. The standard InChI is InChI=1S/C24H15N3O9/c28-16-7-1-13(2-8-16)19(31)25-22(34)26(20(32)14-3-9-17(29)10-4-14)24(36)27(23(25)35)21(33)15-5-11-18(30)12-6-15/h1-12,28-30H. The van der Waals surface area contributed by atoms with Gasteiger partial charge in [-0.3, -0.25) is 14.4 Å². The summed E-state index contributed by atoms with van der Waals surface area (Å²) in [7, 11) is 0. The van der Waals surface area contributed by atoms with Crippen LogP contribution < -0.4 is 17.1 Å². The number of rotatable bonds is 3. The highest BCUT2D eigenvalue weighted by atomic mass is 16.3. The van der Waals surface area contributed by atoms with E-state index in [2.05, 4.69) is 0 Å². The zero-order valence-electron chi connectivity index (χ0n) is 18.1. The first-order chi connectivity index (χ1) is 17.1. The van der Waals surface area contributed by atoms with E-state index in [1.54, 1.807) is 0 Å². The largest absolute Gasteiger partial charge is 0.508 e. The molecule has 0 saturated carbocycles. The van der Waals surface area contributed by atoms with Gasteiger partial charge in [0.05, 0.1) is 0 Å². The molecule has 0 aliphatic heterocycles. The summed E-state index contributed by atoms with van der Waals surface area (Å²) in [5.74, 6) is -4.47. The molecule has 4 aromatic rings. The molecule has 0 unspecified atom stereocenters. The third kappa shape index (κ3) is 4.09. The van der Waals surface area contributed by atoms with Gasteiger partial charge in [-0.1, -0.05) is 0 Å².